The van der Waals surface area contributed by atoms with Gasteiger partial charge in [-0.05, 0) is 205 Å². The fraction of sp³-hybridized carbons (Fsp3) is 0.614. The van der Waals surface area contributed by atoms with Crippen molar-refractivity contribution in [2.45, 2.75) is 255 Å². The molecule has 12 rings (SSSR count). The Morgan fingerprint density at radius 2 is 0.848 bits per heavy atom. The predicted molar refractivity (Wildman–Crippen MR) is 470 cm³/mol. The number of unbranched alkanes of at least 4 members (excludes halogenated alkanes) is 6. The van der Waals surface area contributed by atoms with Crippen molar-refractivity contribution in [3.05, 3.63) is 102 Å². The molecule has 2 saturated heterocycles. The lowest BCUT2D eigenvalue weighted by atomic mass is 10.1. The van der Waals surface area contributed by atoms with Crippen LogP contribution in [0.1, 0.15) is 216 Å². The highest BCUT2D eigenvalue weighted by molar-refractivity contribution is 6.08. The summed E-state index contributed by atoms with van der Waals surface area (Å²) in [5.74, 6) is 6.00. The van der Waals surface area contributed by atoms with Gasteiger partial charge in [0.05, 0.1) is 40.8 Å². The Morgan fingerprint density at radius 1 is 0.420 bits per heavy atom. The van der Waals surface area contributed by atoms with Gasteiger partial charge in [0.15, 0.2) is 17.5 Å². The van der Waals surface area contributed by atoms with Gasteiger partial charge in [-0.1, -0.05) is 94.6 Å². The SMILES string of the molecule is CCCCc1nc2c(N)nc3ccccc3c2n1CCCCNC(C)(C)C.CCCCc1nc2c(N)nc3ccccc3c2n1CCN1CCN(C(C)(C)C)CC1.CCCCc1nc2c(N)nc3ccccc3c2n1OCCCCNC(C)(C)C.Cc1nc(N)nc(NCCCCNC(C)(C)C)c1CCCN1CCOCC1. The number of aryl methyl sites for hydroxylation is 5. The Kier molecular flexibility index (Phi) is 32.8. The van der Waals surface area contributed by atoms with Crippen LogP contribution in [0.15, 0.2) is 72.8 Å². The summed E-state index contributed by atoms with van der Waals surface area (Å²) in [6.45, 7) is 52.3. The first-order valence-electron chi connectivity index (χ1n) is 42.2. The quantitative estimate of drug-likeness (QED) is 0.0177. The van der Waals surface area contributed by atoms with Gasteiger partial charge >= 0.3 is 0 Å². The van der Waals surface area contributed by atoms with Gasteiger partial charge in [0, 0.05) is 134 Å². The van der Waals surface area contributed by atoms with E-state index in [1.54, 1.807) is 0 Å². The standard InChI is InChI=1S/C24H36N6.C22H33N5O.C22H33N5.C20H38N6O/c1-5-6-11-20-27-21-22(18-9-7-8-10-19(18)26-23(21)25)30(20)17-14-28-12-15-29(16-13-28)24(2,3)4;1-5-6-13-18-26-19-20(16-11-7-8-12-17(16)25-21(19)23)27(18)28-15-10-9-14-24-22(2,3)4;1-5-6-13-18-26-19-20(16-11-7-8-12-17(16)25-21(19)23)27(18)15-10-9-14-24-22(2,3)4;1-16-17(8-7-11-26-12-14-27-15-13-26)18(25-19(21)24-16)22-9-5-6-10-23-20(2,3)4/h7-10H,5-6,11-17H2,1-4H3,(H2,25,26);7-8,11-12,24H,5-6,9-10,13-15H2,1-4H3,(H2,23,25);7-8,11-12,24H,5-6,9-10,13-15H2,1-4H3,(H2,23,25);23H,5-15H2,1-4H3,(H3,21,22,24,25). The van der Waals surface area contributed by atoms with Gasteiger partial charge in [-0.15, -0.1) is 0 Å². The first-order valence-corrected chi connectivity index (χ1v) is 42.2. The lowest BCUT2D eigenvalue weighted by molar-refractivity contribution is 0.0374. The van der Waals surface area contributed by atoms with Crippen LogP contribution in [-0.2, 0) is 43.5 Å². The number of nitrogens with zero attached hydrogens (tertiary/aromatic N) is 14. The number of imidazole rings is 3. The zero-order chi connectivity index (χ0) is 80.6. The van der Waals surface area contributed by atoms with E-state index in [1.165, 1.54) is 5.56 Å². The number of piperazine rings is 1. The smallest absolute Gasteiger partial charge is 0.222 e. The molecule has 9 heterocycles. The van der Waals surface area contributed by atoms with Crippen molar-refractivity contribution in [1.82, 2.24) is 84.4 Å². The average molecular weight is 1540 g/mol. The van der Waals surface area contributed by atoms with Crippen LogP contribution >= 0.6 is 0 Å². The Balaban J connectivity index is 0.000000172. The fourth-order valence-electron chi connectivity index (χ4n) is 14.7. The molecule has 10 aromatic rings. The van der Waals surface area contributed by atoms with Gasteiger partial charge in [0.25, 0.3) is 0 Å². The molecule has 0 radical (unpaired) electrons. The molecule has 2 aliphatic heterocycles. The van der Waals surface area contributed by atoms with E-state index in [4.69, 9.17) is 47.5 Å². The highest BCUT2D eigenvalue weighted by atomic mass is 16.7. The molecule has 0 bridgehead atoms. The summed E-state index contributed by atoms with van der Waals surface area (Å²) in [6.07, 6.45) is 18.2. The molecule has 12 N–H and O–H groups in total. The van der Waals surface area contributed by atoms with E-state index in [0.717, 1.165) is 309 Å². The minimum absolute atomic E-state index is 0.151. The number of rotatable bonds is 33. The minimum Gasteiger partial charge on any atom is -0.412 e. The third kappa shape index (κ3) is 25.7. The fourth-order valence-corrected chi connectivity index (χ4v) is 14.7. The highest BCUT2D eigenvalue weighted by Crippen LogP contribution is 2.33. The van der Waals surface area contributed by atoms with Crippen LogP contribution in [0.3, 0.4) is 0 Å². The second-order valence-corrected chi connectivity index (χ2v) is 34.6. The summed E-state index contributed by atoms with van der Waals surface area (Å²) < 4.78 is 12.1. The molecule has 0 amide bonds. The lowest BCUT2D eigenvalue weighted by Gasteiger charge is -2.42. The van der Waals surface area contributed by atoms with Gasteiger partial charge < -0.3 is 62.9 Å². The molecule has 0 aliphatic carbocycles. The molecule has 0 spiro atoms. The monoisotopic (exact) mass is 1540 g/mol. The molecule has 0 unspecified atom stereocenters. The number of anilines is 5. The molecule has 2 fully saturated rings. The van der Waals surface area contributed by atoms with Crippen molar-refractivity contribution in [1.29, 1.82) is 0 Å². The maximum atomic E-state index is 6.33. The van der Waals surface area contributed by atoms with Gasteiger partial charge in [0.2, 0.25) is 5.95 Å². The largest absolute Gasteiger partial charge is 0.412 e. The van der Waals surface area contributed by atoms with Crippen LogP contribution in [0.2, 0.25) is 0 Å². The van der Waals surface area contributed by atoms with Crippen molar-refractivity contribution >= 4 is 95.0 Å². The zero-order valence-electron chi connectivity index (χ0n) is 71.4. The van der Waals surface area contributed by atoms with E-state index >= 15 is 0 Å². The summed E-state index contributed by atoms with van der Waals surface area (Å²) in [7, 11) is 0. The summed E-state index contributed by atoms with van der Waals surface area (Å²) in [4.78, 5) is 51.0. The third-order valence-electron chi connectivity index (χ3n) is 20.8. The van der Waals surface area contributed by atoms with E-state index in [1.807, 2.05) is 54.1 Å². The van der Waals surface area contributed by atoms with Gasteiger partial charge in [-0.2, -0.15) is 9.71 Å². The summed E-state index contributed by atoms with van der Waals surface area (Å²) >= 11 is 0. The number of pyridine rings is 3. The molecular formula is C88H140N22O2. The molecule has 0 atom stereocenters. The molecule has 24 nitrogen and oxygen atoms in total. The van der Waals surface area contributed by atoms with Crippen LogP contribution in [-0.4, -0.2) is 189 Å². The Labute approximate surface area is 668 Å². The molecule has 112 heavy (non-hydrogen) atoms. The van der Waals surface area contributed by atoms with Crippen molar-refractivity contribution in [3.8, 4) is 0 Å². The first kappa shape index (κ1) is 87.9. The van der Waals surface area contributed by atoms with E-state index in [-0.39, 0.29) is 22.2 Å². The van der Waals surface area contributed by atoms with Crippen LogP contribution in [0.5, 0.6) is 0 Å². The molecular weight excluding hydrogens is 1400 g/mol. The third-order valence-corrected chi connectivity index (χ3v) is 20.8. The lowest BCUT2D eigenvalue weighted by Crippen LogP contribution is -2.53. The van der Waals surface area contributed by atoms with Crippen molar-refractivity contribution in [2.24, 2.45) is 0 Å². The van der Waals surface area contributed by atoms with Gasteiger partial charge in [-0.25, -0.2) is 34.9 Å². The number of benzene rings is 3. The second-order valence-electron chi connectivity index (χ2n) is 34.6. The zero-order valence-corrected chi connectivity index (χ0v) is 71.4. The molecule has 2 aliphatic rings. The van der Waals surface area contributed by atoms with E-state index < -0.39 is 0 Å². The number of ether oxygens (including phenoxy) is 1. The van der Waals surface area contributed by atoms with Crippen LogP contribution in [0, 0.1) is 6.92 Å². The number of hydrogen-bond donors (Lipinski definition) is 8. The molecule has 614 valence electrons. The maximum absolute atomic E-state index is 6.33. The summed E-state index contributed by atoms with van der Waals surface area (Å²) in [5.41, 5.74) is 36.1. The van der Waals surface area contributed by atoms with Gasteiger partial charge in [-0.3, -0.25) is 14.7 Å². The number of nitrogens with two attached hydrogens (primary N) is 4. The number of nitrogen functional groups attached to an aromatic ring is 4. The Hall–Kier alpha value is -8.10. The number of nitrogens with one attached hydrogen (secondary N) is 4. The number of aromatic nitrogens is 11. The number of hydrogen-bond acceptors (Lipinski definition) is 21. The number of fused-ring (bicyclic) bond motifs is 9. The normalized spacial score (nSPS) is 14.3. The van der Waals surface area contributed by atoms with Crippen molar-refractivity contribution < 1.29 is 9.57 Å². The minimum atomic E-state index is 0.151. The Morgan fingerprint density at radius 3 is 1.34 bits per heavy atom. The van der Waals surface area contributed by atoms with Crippen molar-refractivity contribution in [2.75, 3.05) is 127 Å². The maximum Gasteiger partial charge on any atom is 0.222 e. The Bertz CT molecular complexity index is 4540. The van der Waals surface area contributed by atoms with Gasteiger partial charge in [0.1, 0.15) is 52.0 Å². The van der Waals surface area contributed by atoms with Crippen LogP contribution in [0.25, 0.3) is 65.8 Å². The molecule has 7 aromatic heterocycles. The van der Waals surface area contributed by atoms with Crippen molar-refractivity contribution in [3.63, 3.8) is 0 Å². The highest BCUT2D eigenvalue weighted by Gasteiger charge is 2.28. The van der Waals surface area contributed by atoms with E-state index in [0.29, 0.717) is 30.0 Å². The molecule has 3 aromatic carbocycles. The van der Waals surface area contributed by atoms with E-state index in [9.17, 15) is 0 Å². The predicted octanol–water partition coefficient (Wildman–Crippen LogP) is 14.9. The summed E-state index contributed by atoms with van der Waals surface area (Å²) in [5, 5.41) is 17.4. The van der Waals surface area contributed by atoms with Crippen LogP contribution in [0.4, 0.5) is 29.2 Å². The second kappa shape index (κ2) is 41.8. The molecule has 24 heteroatoms. The molecule has 0 saturated carbocycles. The van der Waals surface area contributed by atoms with Crippen LogP contribution < -0.4 is 49.0 Å². The summed E-state index contributed by atoms with van der Waals surface area (Å²) in [6, 6.07) is 24.6. The number of morpholine rings is 1. The average Bonchev–Trinajstić information content (AvgIpc) is 1.60. The topological polar surface area (TPSA) is 298 Å². The van der Waals surface area contributed by atoms with E-state index in [2.05, 4.69) is 204 Å². The first-order chi connectivity index (χ1) is 53.5. The number of para-hydroxylation sites is 3.